The Balaban J connectivity index is 1.34. The van der Waals surface area contributed by atoms with E-state index in [9.17, 15) is 4.79 Å². The minimum atomic E-state index is -0.235. The molecule has 0 N–H and O–H groups in total. The predicted octanol–water partition coefficient (Wildman–Crippen LogP) is 4.06. The molecule has 4 aliphatic rings. The minimum Gasteiger partial charge on any atom is -0.462 e. The molecule has 4 atom stereocenters. The molecule has 3 saturated carbocycles. The Bertz CT molecular complexity index is 676. The van der Waals surface area contributed by atoms with Gasteiger partial charge in [-0.1, -0.05) is 20.8 Å². The summed E-state index contributed by atoms with van der Waals surface area (Å²) in [5.41, 5.74) is 2.42. The number of carbonyl (C=O) groups excluding carboxylic acids is 1. The van der Waals surface area contributed by atoms with E-state index in [1.165, 1.54) is 18.5 Å². The number of hydrogen-bond acceptors (Lipinski definition) is 4. The minimum absolute atomic E-state index is 0.235. The van der Waals surface area contributed by atoms with E-state index in [-0.39, 0.29) is 5.97 Å². The standard InChI is InChI=1S/C23H34N2O2/c1-5-27-22(26)17-6-8-19(9-7-17)24-10-12-25(13-11-24)21-15-18-14-20(16(21)2)23(18,3)4/h6-9,16,18,20-21H,5,10-15H2,1-4H3. The highest BCUT2D eigenvalue weighted by Gasteiger charge is 2.57. The number of anilines is 1. The van der Waals surface area contributed by atoms with E-state index in [4.69, 9.17) is 4.74 Å². The Hall–Kier alpha value is -1.55. The van der Waals surface area contributed by atoms with Crippen molar-refractivity contribution in [2.24, 2.45) is 23.2 Å². The Morgan fingerprint density at radius 2 is 1.78 bits per heavy atom. The third-order valence-electron chi connectivity index (χ3n) is 7.84. The van der Waals surface area contributed by atoms with Gasteiger partial charge in [-0.05, 0) is 67.2 Å². The third kappa shape index (κ3) is 3.26. The fraction of sp³-hybridized carbons (Fsp3) is 0.696. The predicted molar refractivity (Wildman–Crippen MR) is 109 cm³/mol. The van der Waals surface area contributed by atoms with E-state index in [0.29, 0.717) is 17.6 Å². The first-order valence-electron chi connectivity index (χ1n) is 10.7. The Morgan fingerprint density at radius 3 is 2.33 bits per heavy atom. The highest BCUT2D eigenvalue weighted by molar-refractivity contribution is 5.89. The van der Waals surface area contributed by atoms with E-state index < -0.39 is 0 Å². The second kappa shape index (κ2) is 7.12. The zero-order chi connectivity index (χ0) is 19.2. The molecule has 1 aliphatic heterocycles. The van der Waals surface area contributed by atoms with E-state index in [0.717, 1.165) is 50.0 Å². The van der Waals surface area contributed by atoms with E-state index >= 15 is 0 Å². The van der Waals surface area contributed by atoms with Gasteiger partial charge in [0.2, 0.25) is 0 Å². The van der Waals surface area contributed by atoms with Crippen LogP contribution in [0.5, 0.6) is 0 Å². The lowest BCUT2D eigenvalue weighted by atomic mass is 9.44. The quantitative estimate of drug-likeness (QED) is 0.749. The van der Waals surface area contributed by atoms with Crippen molar-refractivity contribution in [3.63, 3.8) is 0 Å². The number of hydrogen-bond donors (Lipinski definition) is 0. The molecular weight excluding hydrogens is 336 g/mol. The van der Waals surface area contributed by atoms with E-state index in [1.807, 2.05) is 19.1 Å². The van der Waals surface area contributed by atoms with Crippen LogP contribution in [0.4, 0.5) is 5.69 Å². The maximum absolute atomic E-state index is 11.8. The van der Waals surface area contributed by atoms with Crippen molar-refractivity contribution < 1.29 is 9.53 Å². The molecule has 4 unspecified atom stereocenters. The van der Waals surface area contributed by atoms with Crippen LogP contribution in [0.25, 0.3) is 0 Å². The van der Waals surface area contributed by atoms with Crippen molar-refractivity contribution in [2.75, 3.05) is 37.7 Å². The summed E-state index contributed by atoms with van der Waals surface area (Å²) < 4.78 is 5.07. The molecule has 4 nitrogen and oxygen atoms in total. The van der Waals surface area contributed by atoms with Crippen molar-refractivity contribution in [1.29, 1.82) is 0 Å². The Morgan fingerprint density at radius 1 is 1.11 bits per heavy atom. The van der Waals surface area contributed by atoms with Gasteiger partial charge in [0, 0.05) is 37.9 Å². The summed E-state index contributed by atoms with van der Waals surface area (Å²) in [6.07, 6.45) is 2.84. The van der Waals surface area contributed by atoms with Gasteiger partial charge in [0.05, 0.1) is 12.2 Å². The summed E-state index contributed by atoms with van der Waals surface area (Å²) in [4.78, 5) is 17.0. The van der Waals surface area contributed by atoms with Gasteiger partial charge in [0.25, 0.3) is 0 Å². The summed E-state index contributed by atoms with van der Waals surface area (Å²) >= 11 is 0. The maximum Gasteiger partial charge on any atom is 0.338 e. The Kier molecular flexibility index (Phi) is 4.96. The van der Waals surface area contributed by atoms with E-state index in [1.54, 1.807) is 0 Å². The Labute approximate surface area is 163 Å². The van der Waals surface area contributed by atoms with Crippen LogP contribution in [0.2, 0.25) is 0 Å². The molecule has 1 heterocycles. The van der Waals surface area contributed by atoms with Gasteiger partial charge < -0.3 is 9.64 Å². The molecular formula is C23H34N2O2. The lowest BCUT2D eigenvalue weighted by Crippen LogP contribution is -2.63. The van der Waals surface area contributed by atoms with E-state index in [2.05, 4.69) is 42.7 Å². The molecule has 3 aliphatic carbocycles. The first kappa shape index (κ1) is 18.8. The molecule has 0 amide bonds. The summed E-state index contributed by atoms with van der Waals surface area (Å²) in [6.45, 7) is 14.1. The van der Waals surface area contributed by atoms with Crippen LogP contribution in [0.15, 0.2) is 24.3 Å². The number of ether oxygens (including phenoxy) is 1. The molecule has 148 valence electrons. The molecule has 27 heavy (non-hydrogen) atoms. The molecule has 4 heteroatoms. The lowest BCUT2D eigenvalue weighted by molar-refractivity contribution is -0.139. The first-order chi connectivity index (χ1) is 12.9. The number of fused-ring (bicyclic) bond motifs is 2. The van der Waals surface area contributed by atoms with Crippen LogP contribution in [0, 0.1) is 23.2 Å². The fourth-order valence-electron chi connectivity index (χ4n) is 5.94. The second-order valence-electron chi connectivity index (χ2n) is 9.31. The van der Waals surface area contributed by atoms with Crippen molar-refractivity contribution in [3.05, 3.63) is 29.8 Å². The first-order valence-corrected chi connectivity index (χ1v) is 10.7. The summed E-state index contributed by atoms with van der Waals surface area (Å²) in [5, 5.41) is 0. The molecule has 1 saturated heterocycles. The highest BCUT2D eigenvalue weighted by atomic mass is 16.5. The summed E-state index contributed by atoms with van der Waals surface area (Å²) in [5.74, 6) is 2.42. The number of nitrogens with zero attached hydrogens (tertiary/aromatic N) is 2. The number of benzene rings is 1. The molecule has 0 spiro atoms. The molecule has 4 fully saturated rings. The molecule has 1 aromatic rings. The van der Waals surface area contributed by atoms with Crippen LogP contribution in [0.3, 0.4) is 0 Å². The van der Waals surface area contributed by atoms with Crippen LogP contribution >= 0.6 is 0 Å². The number of rotatable bonds is 4. The smallest absolute Gasteiger partial charge is 0.338 e. The third-order valence-corrected chi connectivity index (χ3v) is 7.84. The largest absolute Gasteiger partial charge is 0.462 e. The van der Waals surface area contributed by atoms with Crippen molar-refractivity contribution in [1.82, 2.24) is 4.90 Å². The maximum atomic E-state index is 11.8. The zero-order valence-corrected chi connectivity index (χ0v) is 17.3. The molecule has 0 radical (unpaired) electrons. The highest BCUT2D eigenvalue weighted by Crippen LogP contribution is 2.62. The van der Waals surface area contributed by atoms with Crippen LogP contribution in [-0.2, 0) is 4.74 Å². The van der Waals surface area contributed by atoms with Crippen LogP contribution in [-0.4, -0.2) is 49.7 Å². The van der Waals surface area contributed by atoms with Gasteiger partial charge in [-0.25, -0.2) is 4.79 Å². The van der Waals surface area contributed by atoms with Gasteiger partial charge >= 0.3 is 5.97 Å². The second-order valence-corrected chi connectivity index (χ2v) is 9.31. The summed E-state index contributed by atoms with van der Waals surface area (Å²) in [6, 6.07) is 8.66. The van der Waals surface area contributed by atoms with Crippen LogP contribution in [0.1, 0.15) is 50.9 Å². The molecule has 5 rings (SSSR count). The van der Waals surface area contributed by atoms with Gasteiger partial charge in [-0.15, -0.1) is 0 Å². The topological polar surface area (TPSA) is 32.8 Å². The van der Waals surface area contributed by atoms with Gasteiger partial charge in [0.15, 0.2) is 0 Å². The van der Waals surface area contributed by atoms with Gasteiger partial charge in [0.1, 0.15) is 0 Å². The van der Waals surface area contributed by atoms with Crippen molar-refractivity contribution in [2.45, 2.75) is 46.6 Å². The molecule has 2 bridgehead atoms. The molecule has 1 aromatic carbocycles. The average molecular weight is 371 g/mol. The zero-order valence-electron chi connectivity index (χ0n) is 17.3. The molecule has 0 aromatic heterocycles. The number of esters is 1. The average Bonchev–Trinajstić information content (AvgIpc) is 2.68. The summed E-state index contributed by atoms with van der Waals surface area (Å²) in [7, 11) is 0. The fourth-order valence-corrected chi connectivity index (χ4v) is 5.94. The van der Waals surface area contributed by atoms with Gasteiger partial charge in [-0.2, -0.15) is 0 Å². The number of piperazine rings is 1. The van der Waals surface area contributed by atoms with Crippen LogP contribution < -0.4 is 4.90 Å². The van der Waals surface area contributed by atoms with Gasteiger partial charge in [-0.3, -0.25) is 4.90 Å². The van der Waals surface area contributed by atoms with Crippen molar-refractivity contribution >= 4 is 11.7 Å². The normalized spacial score (nSPS) is 32.7. The number of carbonyl (C=O) groups is 1. The SMILES string of the molecule is CCOC(=O)c1ccc(N2CCN(C3CC4CC(C3C)C4(C)C)CC2)cc1. The lowest BCUT2D eigenvalue weighted by Gasteiger charge is -2.64. The monoisotopic (exact) mass is 370 g/mol. The van der Waals surface area contributed by atoms with Crippen molar-refractivity contribution in [3.8, 4) is 0 Å².